The number of oxazole rings is 1. The van der Waals surface area contributed by atoms with Crippen molar-refractivity contribution in [3.8, 4) is 10.8 Å². The molecule has 1 aliphatic rings. The summed E-state index contributed by atoms with van der Waals surface area (Å²) in [6.45, 7) is 0. The summed E-state index contributed by atoms with van der Waals surface area (Å²) in [5, 5.41) is 1.97. The van der Waals surface area contributed by atoms with Crippen molar-refractivity contribution in [2.75, 3.05) is 0 Å². The molecule has 0 amide bonds. The Kier molecular flexibility index (Phi) is 1.95. The van der Waals surface area contributed by atoms with Crippen LogP contribution in [0.15, 0.2) is 21.9 Å². The number of carbonyl (C=O) groups is 1. The average Bonchev–Trinajstić information content (AvgIpc) is 2.83. The molecule has 2 aromatic heterocycles. The second kappa shape index (κ2) is 3.31. The van der Waals surface area contributed by atoms with E-state index >= 15 is 0 Å². The second-order valence-electron chi connectivity index (χ2n) is 3.64. The maximum Gasteiger partial charge on any atom is 0.237 e. The van der Waals surface area contributed by atoms with Crippen LogP contribution in [0, 0.1) is 0 Å². The van der Waals surface area contributed by atoms with Gasteiger partial charge >= 0.3 is 0 Å². The van der Waals surface area contributed by atoms with Crippen LogP contribution >= 0.6 is 11.3 Å². The van der Waals surface area contributed by atoms with Gasteiger partial charge in [0.2, 0.25) is 5.89 Å². The van der Waals surface area contributed by atoms with E-state index < -0.39 is 0 Å². The van der Waals surface area contributed by atoms with Gasteiger partial charge in [-0.25, -0.2) is 4.98 Å². The van der Waals surface area contributed by atoms with E-state index in [9.17, 15) is 4.79 Å². The Labute approximate surface area is 90.8 Å². The van der Waals surface area contributed by atoms with Gasteiger partial charge in [0.15, 0.2) is 6.29 Å². The summed E-state index contributed by atoms with van der Waals surface area (Å²) in [4.78, 5) is 16.0. The number of rotatable bonds is 3. The van der Waals surface area contributed by atoms with Gasteiger partial charge in [-0.15, -0.1) is 11.3 Å². The summed E-state index contributed by atoms with van der Waals surface area (Å²) < 4.78 is 5.64. The van der Waals surface area contributed by atoms with Crippen LogP contribution in [0.5, 0.6) is 0 Å². The quantitative estimate of drug-likeness (QED) is 0.745. The smallest absolute Gasteiger partial charge is 0.237 e. The molecule has 15 heavy (non-hydrogen) atoms. The molecule has 0 N–H and O–H groups in total. The monoisotopic (exact) mass is 219 g/mol. The van der Waals surface area contributed by atoms with Crippen LogP contribution in [0.2, 0.25) is 0 Å². The second-order valence-corrected chi connectivity index (χ2v) is 4.59. The van der Waals surface area contributed by atoms with Gasteiger partial charge in [0, 0.05) is 5.92 Å². The molecule has 0 radical (unpaired) electrons. The van der Waals surface area contributed by atoms with Crippen molar-refractivity contribution >= 4 is 17.6 Å². The van der Waals surface area contributed by atoms with Crippen molar-refractivity contribution in [3.05, 3.63) is 29.0 Å². The van der Waals surface area contributed by atoms with Crippen molar-refractivity contribution in [1.82, 2.24) is 4.98 Å². The third kappa shape index (κ3) is 1.51. The highest BCUT2D eigenvalue weighted by molar-refractivity contribution is 7.13. The summed E-state index contributed by atoms with van der Waals surface area (Å²) >= 11 is 1.57. The fourth-order valence-electron chi connectivity index (χ4n) is 1.57. The van der Waals surface area contributed by atoms with E-state index in [4.69, 9.17) is 4.42 Å². The van der Waals surface area contributed by atoms with Crippen LogP contribution in [0.1, 0.15) is 35.0 Å². The molecule has 0 spiro atoms. The number of hydrogen-bond donors (Lipinski definition) is 0. The van der Waals surface area contributed by atoms with Crippen molar-refractivity contribution in [1.29, 1.82) is 0 Å². The van der Waals surface area contributed by atoms with E-state index in [1.165, 1.54) is 0 Å². The summed E-state index contributed by atoms with van der Waals surface area (Å²) in [6.07, 6.45) is 3.01. The lowest BCUT2D eigenvalue weighted by molar-refractivity contribution is 0.111. The van der Waals surface area contributed by atoms with E-state index in [1.807, 2.05) is 17.5 Å². The summed E-state index contributed by atoms with van der Waals surface area (Å²) in [5.41, 5.74) is 0.473. The lowest BCUT2D eigenvalue weighted by atomic mass is 10.3. The standard InChI is InChI=1S/C11H9NO2S/c13-6-8-10(7-3-4-7)14-11(12-8)9-2-1-5-15-9/h1-2,5-7H,3-4H2. The van der Waals surface area contributed by atoms with Crippen molar-refractivity contribution < 1.29 is 9.21 Å². The number of nitrogens with zero attached hydrogens (tertiary/aromatic N) is 1. The molecular formula is C11H9NO2S. The van der Waals surface area contributed by atoms with Crippen LogP contribution < -0.4 is 0 Å². The lowest BCUT2D eigenvalue weighted by Crippen LogP contribution is -1.85. The predicted molar refractivity (Wildman–Crippen MR) is 57.2 cm³/mol. The highest BCUT2D eigenvalue weighted by Crippen LogP contribution is 2.43. The first-order valence-corrected chi connectivity index (χ1v) is 5.76. The van der Waals surface area contributed by atoms with Gasteiger partial charge in [0.25, 0.3) is 0 Å². The van der Waals surface area contributed by atoms with Crippen LogP contribution in [-0.4, -0.2) is 11.3 Å². The molecule has 1 fully saturated rings. The van der Waals surface area contributed by atoms with Gasteiger partial charge < -0.3 is 4.42 Å². The molecule has 0 atom stereocenters. The van der Waals surface area contributed by atoms with E-state index in [0.717, 1.165) is 29.8 Å². The van der Waals surface area contributed by atoms with Gasteiger partial charge in [-0.3, -0.25) is 4.79 Å². The molecule has 0 unspecified atom stereocenters. The maximum atomic E-state index is 10.8. The molecule has 76 valence electrons. The molecule has 2 heterocycles. The fourth-order valence-corrected chi connectivity index (χ4v) is 2.22. The summed E-state index contributed by atoms with van der Waals surface area (Å²) in [5.74, 6) is 1.77. The Morgan fingerprint density at radius 1 is 1.53 bits per heavy atom. The molecule has 2 aromatic rings. The zero-order chi connectivity index (χ0) is 10.3. The molecule has 1 saturated carbocycles. The van der Waals surface area contributed by atoms with Gasteiger partial charge in [0.05, 0.1) is 4.88 Å². The molecule has 0 aliphatic heterocycles. The molecule has 1 aliphatic carbocycles. The number of hydrogen-bond acceptors (Lipinski definition) is 4. The fraction of sp³-hybridized carbons (Fsp3) is 0.273. The van der Waals surface area contributed by atoms with E-state index in [-0.39, 0.29) is 0 Å². The van der Waals surface area contributed by atoms with E-state index in [2.05, 4.69) is 4.98 Å². The van der Waals surface area contributed by atoms with Gasteiger partial charge in [0.1, 0.15) is 11.5 Å². The van der Waals surface area contributed by atoms with Crippen molar-refractivity contribution in [2.45, 2.75) is 18.8 Å². The highest BCUT2D eigenvalue weighted by atomic mass is 32.1. The first-order valence-electron chi connectivity index (χ1n) is 4.88. The molecule has 0 saturated heterocycles. The Morgan fingerprint density at radius 2 is 2.40 bits per heavy atom. The topological polar surface area (TPSA) is 43.1 Å². The van der Waals surface area contributed by atoms with Crippen LogP contribution in [-0.2, 0) is 0 Å². The number of aromatic nitrogens is 1. The van der Waals surface area contributed by atoms with Crippen molar-refractivity contribution in [2.24, 2.45) is 0 Å². The largest absolute Gasteiger partial charge is 0.439 e. The third-order valence-corrected chi connectivity index (χ3v) is 3.33. The van der Waals surface area contributed by atoms with Crippen LogP contribution in [0.3, 0.4) is 0 Å². The Balaban J connectivity index is 2.06. The number of carbonyl (C=O) groups excluding carboxylic acids is 1. The number of aldehydes is 1. The molecule has 0 aromatic carbocycles. The Morgan fingerprint density at radius 3 is 3.00 bits per heavy atom. The summed E-state index contributed by atoms with van der Waals surface area (Å²) in [7, 11) is 0. The normalized spacial score (nSPS) is 15.5. The Bertz CT molecular complexity index is 483. The van der Waals surface area contributed by atoms with E-state index in [0.29, 0.717) is 17.5 Å². The minimum absolute atomic E-state index is 0.423. The minimum atomic E-state index is 0.423. The van der Waals surface area contributed by atoms with Gasteiger partial charge in [-0.05, 0) is 24.3 Å². The predicted octanol–water partition coefficient (Wildman–Crippen LogP) is 3.09. The first-order chi connectivity index (χ1) is 7.38. The molecule has 3 nitrogen and oxygen atoms in total. The third-order valence-electron chi connectivity index (χ3n) is 2.47. The molecule has 4 heteroatoms. The van der Waals surface area contributed by atoms with Gasteiger partial charge in [-0.1, -0.05) is 6.07 Å². The zero-order valence-corrected chi connectivity index (χ0v) is 8.79. The molecule has 0 bridgehead atoms. The highest BCUT2D eigenvalue weighted by Gasteiger charge is 2.31. The zero-order valence-electron chi connectivity index (χ0n) is 7.97. The van der Waals surface area contributed by atoms with E-state index in [1.54, 1.807) is 11.3 Å². The SMILES string of the molecule is O=Cc1nc(-c2cccs2)oc1C1CC1. The van der Waals surface area contributed by atoms with Crippen LogP contribution in [0.25, 0.3) is 10.8 Å². The Hall–Kier alpha value is -1.42. The van der Waals surface area contributed by atoms with Crippen LogP contribution in [0.4, 0.5) is 0 Å². The number of thiophene rings is 1. The first kappa shape index (κ1) is 8.85. The summed E-state index contributed by atoms with van der Waals surface area (Å²) in [6, 6.07) is 3.89. The van der Waals surface area contributed by atoms with Crippen molar-refractivity contribution in [3.63, 3.8) is 0 Å². The average molecular weight is 219 g/mol. The molecular weight excluding hydrogens is 210 g/mol. The van der Waals surface area contributed by atoms with Gasteiger partial charge in [-0.2, -0.15) is 0 Å². The lowest BCUT2D eigenvalue weighted by Gasteiger charge is -1.89. The maximum absolute atomic E-state index is 10.8. The molecule has 3 rings (SSSR count). The minimum Gasteiger partial charge on any atom is -0.439 e.